The molecule has 2 fully saturated rings. The first-order chi connectivity index (χ1) is 13.0. The zero-order valence-corrected chi connectivity index (χ0v) is 16.0. The summed E-state index contributed by atoms with van der Waals surface area (Å²) in [5.41, 5.74) is 0.741. The highest BCUT2D eigenvalue weighted by atomic mass is 32.2. The summed E-state index contributed by atoms with van der Waals surface area (Å²) in [5, 5.41) is 12.0. The third-order valence-corrected chi connectivity index (χ3v) is 6.20. The molecule has 0 bridgehead atoms. The largest absolute Gasteiger partial charge is 0.350 e. The number of likely N-dealkylation sites (tertiary alicyclic amines) is 1. The Morgan fingerprint density at radius 1 is 1.11 bits per heavy atom. The molecule has 1 aromatic carbocycles. The fourth-order valence-corrected chi connectivity index (χ4v) is 4.20. The van der Waals surface area contributed by atoms with Gasteiger partial charge in [0, 0.05) is 12.2 Å². The fraction of sp³-hybridized carbons (Fsp3) is 0.588. The summed E-state index contributed by atoms with van der Waals surface area (Å²) in [5.74, 6) is 1.18. The van der Waals surface area contributed by atoms with Gasteiger partial charge in [0.15, 0.2) is 22.0 Å². The van der Waals surface area contributed by atoms with Gasteiger partial charge in [0.05, 0.1) is 30.3 Å². The molecule has 4 rings (SSSR count). The van der Waals surface area contributed by atoms with Gasteiger partial charge >= 0.3 is 0 Å². The van der Waals surface area contributed by atoms with E-state index in [1.165, 1.54) is 6.26 Å². The second kappa shape index (κ2) is 7.63. The lowest BCUT2D eigenvalue weighted by atomic mass is 9.96. The Hall–Kier alpha value is -1.88. The minimum Gasteiger partial charge on any atom is -0.350 e. The minimum atomic E-state index is -3.22. The molecule has 0 spiro atoms. The van der Waals surface area contributed by atoms with Crippen molar-refractivity contribution >= 4 is 9.84 Å². The molecule has 0 amide bonds. The van der Waals surface area contributed by atoms with E-state index >= 15 is 0 Å². The van der Waals surface area contributed by atoms with Crippen LogP contribution in [0.25, 0.3) is 5.69 Å². The maximum absolute atomic E-state index is 11.6. The van der Waals surface area contributed by atoms with Crippen LogP contribution in [0.5, 0.6) is 0 Å². The molecule has 2 aliphatic heterocycles. The Morgan fingerprint density at radius 3 is 2.41 bits per heavy atom. The van der Waals surface area contributed by atoms with Crippen LogP contribution in [0.2, 0.25) is 0 Å². The molecule has 10 heteroatoms. The van der Waals surface area contributed by atoms with Crippen molar-refractivity contribution in [2.24, 2.45) is 5.92 Å². The topological polar surface area (TPSA) is 99.4 Å². The minimum absolute atomic E-state index is 0.0502. The molecule has 0 unspecified atom stereocenters. The van der Waals surface area contributed by atoms with Crippen molar-refractivity contribution in [1.29, 1.82) is 0 Å². The van der Waals surface area contributed by atoms with Gasteiger partial charge in [-0.15, -0.1) is 5.10 Å². The molecule has 0 radical (unpaired) electrons. The van der Waals surface area contributed by atoms with Gasteiger partial charge < -0.3 is 9.47 Å². The molecule has 2 saturated heterocycles. The number of benzene rings is 1. The Kier molecular flexibility index (Phi) is 5.22. The average molecular weight is 393 g/mol. The van der Waals surface area contributed by atoms with Gasteiger partial charge in [0.25, 0.3) is 0 Å². The van der Waals surface area contributed by atoms with Crippen molar-refractivity contribution in [3.63, 3.8) is 0 Å². The van der Waals surface area contributed by atoms with Crippen molar-refractivity contribution in [1.82, 2.24) is 25.1 Å². The second-order valence-electron chi connectivity index (χ2n) is 7.00. The highest BCUT2D eigenvalue weighted by Gasteiger charge is 2.30. The van der Waals surface area contributed by atoms with Gasteiger partial charge in [-0.3, -0.25) is 4.90 Å². The zero-order chi connectivity index (χ0) is 18.9. The average Bonchev–Trinajstić information content (AvgIpc) is 3.34. The Bertz CT molecular complexity index is 869. The predicted octanol–water partition coefficient (Wildman–Crippen LogP) is 0.651. The first kappa shape index (κ1) is 18.5. The summed E-state index contributed by atoms with van der Waals surface area (Å²) in [7, 11) is -3.22. The van der Waals surface area contributed by atoms with Crippen molar-refractivity contribution in [3.05, 3.63) is 30.1 Å². The van der Waals surface area contributed by atoms with Crippen LogP contribution in [0.3, 0.4) is 0 Å². The first-order valence-electron chi connectivity index (χ1n) is 9.04. The van der Waals surface area contributed by atoms with E-state index in [0.717, 1.165) is 37.4 Å². The molecule has 2 aromatic rings. The van der Waals surface area contributed by atoms with Crippen molar-refractivity contribution < 1.29 is 17.9 Å². The summed E-state index contributed by atoms with van der Waals surface area (Å²) in [4.78, 5) is 2.60. The van der Waals surface area contributed by atoms with Crippen LogP contribution in [-0.2, 0) is 25.9 Å². The number of nitrogens with zero attached hydrogens (tertiary/aromatic N) is 5. The van der Waals surface area contributed by atoms with Gasteiger partial charge in [0.2, 0.25) is 0 Å². The number of piperidine rings is 1. The van der Waals surface area contributed by atoms with Gasteiger partial charge in [-0.2, -0.15) is 4.68 Å². The third kappa shape index (κ3) is 4.18. The third-order valence-electron chi connectivity index (χ3n) is 5.07. The Morgan fingerprint density at radius 2 is 1.78 bits per heavy atom. The standard InChI is InChI=1S/C17H23N5O4S/c1-27(23,24)15-4-2-14(3-5-15)22-16(18-19-20-22)12-21-8-6-13(7-9-21)17-25-10-11-26-17/h2-5,13,17H,6-12H2,1H3. The molecule has 0 saturated carbocycles. The van der Waals surface area contributed by atoms with E-state index < -0.39 is 9.84 Å². The van der Waals surface area contributed by atoms with Crippen LogP contribution in [0.15, 0.2) is 29.2 Å². The quantitative estimate of drug-likeness (QED) is 0.730. The van der Waals surface area contributed by atoms with Gasteiger partial charge in [-0.05, 0) is 60.6 Å². The molecule has 1 aromatic heterocycles. The fourth-order valence-electron chi connectivity index (χ4n) is 3.57. The molecule has 9 nitrogen and oxygen atoms in total. The van der Waals surface area contributed by atoms with E-state index in [1.54, 1.807) is 28.9 Å². The van der Waals surface area contributed by atoms with Gasteiger partial charge in [-0.1, -0.05) is 0 Å². The monoisotopic (exact) mass is 393 g/mol. The van der Waals surface area contributed by atoms with E-state index in [0.29, 0.717) is 25.7 Å². The normalized spacial score (nSPS) is 20.3. The molecule has 146 valence electrons. The number of aromatic nitrogens is 4. The molecule has 3 heterocycles. The highest BCUT2D eigenvalue weighted by Crippen LogP contribution is 2.26. The van der Waals surface area contributed by atoms with Crippen LogP contribution in [0, 0.1) is 5.92 Å². The zero-order valence-electron chi connectivity index (χ0n) is 15.2. The van der Waals surface area contributed by atoms with Gasteiger partial charge in [-0.25, -0.2) is 8.42 Å². The van der Waals surface area contributed by atoms with E-state index in [9.17, 15) is 8.42 Å². The van der Waals surface area contributed by atoms with Crippen LogP contribution in [-0.4, -0.2) is 72.4 Å². The number of hydrogen-bond donors (Lipinski definition) is 0. The number of tetrazole rings is 1. The number of rotatable bonds is 5. The predicted molar refractivity (Wildman–Crippen MR) is 96.0 cm³/mol. The van der Waals surface area contributed by atoms with Crippen LogP contribution >= 0.6 is 0 Å². The lowest BCUT2D eigenvalue weighted by Crippen LogP contribution is -2.38. The summed E-state index contributed by atoms with van der Waals surface area (Å²) in [6.45, 7) is 3.90. The highest BCUT2D eigenvalue weighted by molar-refractivity contribution is 7.90. The Labute approximate surface area is 158 Å². The summed E-state index contributed by atoms with van der Waals surface area (Å²) >= 11 is 0. The summed E-state index contributed by atoms with van der Waals surface area (Å²) in [6, 6.07) is 6.58. The van der Waals surface area contributed by atoms with E-state index in [-0.39, 0.29) is 11.2 Å². The Balaban J connectivity index is 1.41. The number of sulfone groups is 1. The number of ether oxygens (including phenoxy) is 2. The van der Waals surface area contributed by atoms with Crippen molar-refractivity contribution in [3.8, 4) is 5.69 Å². The lowest BCUT2D eigenvalue weighted by Gasteiger charge is -2.33. The SMILES string of the molecule is CS(=O)(=O)c1ccc(-n2nnnc2CN2CCC(C3OCCO3)CC2)cc1. The lowest BCUT2D eigenvalue weighted by molar-refractivity contribution is -0.0979. The molecule has 2 aliphatic rings. The number of hydrogen-bond acceptors (Lipinski definition) is 8. The molecular formula is C17H23N5O4S. The summed E-state index contributed by atoms with van der Waals surface area (Å²) < 4.78 is 36.1. The van der Waals surface area contributed by atoms with E-state index in [2.05, 4.69) is 20.4 Å². The van der Waals surface area contributed by atoms with Crippen LogP contribution in [0.4, 0.5) is 0 Å². The second-order valence-corrected chi connectivity index (χ2v) is 9.01. The summed E-state index contributed by atoms with van der Waals surface area (Å²) in [6.07, 6.45) is 3.19. The molecule has 27 heavy (non-hydrogen) atoms. The van der Waals surface area contributed by atoms with Gasteiger partial charge in [0.1, 0.15) is 0 Å². The first-order valence-corrected chi connectivity index (χ1v) is 10.9. The molecule has 0 N–H and O–H groups in total. The molecule has 0 aliphatic carbocycles. The molecular weight excluding hydrogens is 370 g/mol. The van der Waals surface area contributed by atoms with Crippen LogP contribution in [0.1, 0.15) is 18.7 Å². The molecule has 0 atom stereocenters. The van der Waals surface area contributed by atoms with E-state index in [4.69, 9.17) is 9.47 Å². The van der Waals surface area contributed by atoms with Crippen LogP contribution < -0.4 is 0 Å². The van der Waals surface area contributed by atoms with Crippen molar-refractivity contribution in [2.45, 2.75) is 30.6 Å². The maximum Gasteiger partial charge on any atom is 0.175 e. The smallest absolute Gasteiger partial charge is 0.175 e. The van der Waals surface area contributed by atoms with Crippen molar-refractivity contribution in [2.75, 3.05) is 32.6 Å². The maximum atomic E-state index is 11.6. The van der Waals surface area contributed by atoms with E-state index in [1.807, 2.05) is 0 Å².